The molecule has 0 atom stereocenters. The molecule has 0 bridgehead atoms. The summed E-state index contributed by atoms with van der Waals surface area (Å²) in [6.45, 7) is 14.1. The lowest BCUT2D eigenvalue weighted by atomic mass is 9.66. The summed E-state index contributed by atoms with van der Waals surface area (Å²) in [6, 6.07) is 0. The van der Waals surface area contributed by atoms with Gasteiger partial charge in [-0.1, -0.05) is 52.7 Å². The van der Waals surface area contributed by atoms with Gasteiger partial charge in [0.05, 0.1) is 0 Å². The monoisotopic (exact) mass is 180 g/mol. The van der Waals surface area contributed by atoms with Crippen LogP contribution in [0, 0.1) is 10.8 Å². The molecule has 0 radical (unpaired) electrons. The zero-order valence-electron chi connectivity index (χ0n) is 10.1. The molecule has 76 valence electrons. The van der Waals surface area contributed by atoms with Crippen LogP contribution in [0.5, 0.6) is 0 Å². The van der Waals surface area contributed by atoms with Crippen molar-refractivity contribution in [2.75, 3.05) is 0 Å². The third kappa shape index (κ3) is 2.36. The van der Waals surface area contributed by atoms with Crippen molar-refractivity contribution >= 4 is 0 Å². The first kappa shape index (κ1) is 10.8. The summed E-state index contributed by atoms with van der Waals surface area (Å²) in [4.78, 5) is 0. The summed E-state index contributed by atoms with van der Waals surface area (Å²) in [6.07, 6.45) is 4.11. The number of hydrogen-bond acceptors (Lipinski definition) is 0. The molecular formula is C13H24. The molecule has 0 aromatic heterocycles. The lowest BCUT2D eigenvalue weighted by Gasteiger charge is -2.39. The van der Waals surface area contributed by atoms with Gasteiger partial charge >= 0.3 is 0 Å². The Kier molecular flexibility index (Phi) is 2.62. The van der Waals surface area contributed by atoms with Crippen molar-refractivity contribution in [3.63, 3.8) is 0 Å². The SMILES string of the molecule is CC(C)(C)C(=C1CCC1)C(C)(C)C. The van der Waals surface area contributed by atoms with Crippen LogP contribution in [-0.4, -0.2) is 0 Å². The predicted molar refractivity (Wildman–Crippen MR) is 59.8 cm³/mol. The van der Waals surface area contributed by atoms with E-state index in [4.69, 9.17) is 0 Å². The quantitative estimate of drug-likeness (QED) is 0.479. The van der Waals surface area contributed by atoms with E-state index in [9.17, 15) is 0 Å². The standard InChI is InChI=1S/C13H24/c1-12(2,3)11(13(4,5)6)10-8-7-9-10/h7-9H2,1-6H3. The van der Waals surface area contributed by atoms with Crippen molar-refractivity contribution in [3.05, 3.63) is 11.1 Å². The second-order valence-corrected chi connectivity index (χ2v) is 6.33. The highest BCUT2D eigenvalue weighted by molar-refractivity contribution is 5.28. The van der Waals surface area contributed by atoms with E-state index in [0.717, 1.165) is 0 Å². The fourth-order valence-corrected chi connectivity index (χ4v) is 2.79. The van der Waals surface area contributed by atoms with Gasteiger partial charge in [0, 0.05) is 0 Å². The lowest BCUT2D eigenvalue weighted by molar-refractivity contribution is 0.344. The van der Waals surface area contributed by atoms with E-state index < -0.39 is 0 Å². The minimum absolute atomic E-state index is 0.355. The molecular weight excluding hydrogens is 156 g/mol. The molecule has 1 fully saturated rings. The first-order chi connectivity index (χ1) is 5.73. The highest BCUT2D eigenvalue weighted by atomic mass is 14.4. The number of rotatable bonds is 0. The lowest BCUT2D eigenvalue weighted by Crippen LogP contribution is -2.26. The van der Waals surface area contributed by atoms with Gasteiger partial charge in [-0.15, -0.1) is 0 Å². The number of hydrogen-bond donors (Lipinski definition) is 0. The Morgan fingerprint density at radius 2 is 1.23 bits per heavy atom. The molecule has 1 rings (SSSR count). The van der Waals surface area contributed by atoms with Crippen LogP contribution >= 0.6 is 0 Å². The summed E-state index contributed by atoms with van der Waals surface area (Å²) >= 11 is 0. The first-order valence-electron chi connectivity index (χ1n) is 5.46. The number of allylic oxidation sites excluding steroid dienone is 2. The van der Waals surface area contributed by atoms with Crippen LogP contribution in [0.3, 0.4) is 0 Å². The van der Waals surface area contributed by atoms with Crippen LogP contribution in [0.1, 0.15) is 60.8 Å². The summed E-state index contributed by atoms with van der Waals surface area (Å²) in [5, 5.41) is 0. The van der Waals surface area contributed by atoms with Gasteiger partial charge < -0.3 is 0 Å². The Bertz CT molecular complexity index is 195. The summed E-state index contributed by atoms with van der Waals surface area (Å²) in [7, 11) is 0. The average Bonchev–Trinajstić information content (AvgIpc) is 1.71. The molecule has 0 aliphatic heterocycles. The molecule has 0 unspecified atom stereocenters. The molecule has 0 aromatic rings. The molecule has 0 heterocycles. The molecule has 0 nitrogen and oxygen atoms in total. The van der Waals surface area contributed by atoms with Crippen molar-refractivity contribution in [1.29, 1.82) is 0 Å². The van der Waals surface area contributed by atoms with Crippen molar-refractivity contribution in [2.24, 2.45) is 10.8 Å². The highest BCUT2D eigenvalue weighted by Gasteiger charge is 2.32. The van der Waals surface area contributed by atoms with Crippen molar-refractivity contribution in [1.82, 2.24) is 0 Å². The maximum absolute atomic E-state index is 2.35. The van der Waals surface area contributed by atoms with E-state index >= 15 is 0 Å². The fraction of sp³-hybridized carbons (Fsp3) is 0.846. The Morgan fingerprint density at radius 3 is 1.31 bits per heavy atom. The Hall–Kier alpha value is -0.260. The fourth-order valence-electron chi connectivity index (χ4n) is 2.79. The largest absolute Gasteiger partial charge is 0.0699 e. The third-order valence-electron chi connectivity index (χ3n) is 2.81. The van der Waals surface area contributed by atoms with Gasteiger partial charge in [0.2, 0.25) is 0 Å². The van der Waals surface area contributed by atoms with Gasteiger partial charge in [0.1, 0.15) is 0 Å². The molecule has 1 saturated carbocycles. The van der Waals surface area contributed by atoms with E-state index in [0.29, 0.717) is 10.8 Å². The molecule has 0 heteroatoms. The van der Waals surface area contributed by atoms with Gasteiger partial charge in [-0.25, -0.2) is 0 Å². The molecule has 1 aliphatic carbocycles. The van der Waals surface area contributed by atoms with Crippen molar-refractivity contribution in [2.45, 2.75) is 60.8 Å². The minimum atomic E-state index is 0.355. The van der Waals surface area contributed by atoms with Gasteiger partial charge in [0.15, 0.2) is 0 Å². The van der Waals surface area contributed by atoms with E-state index in [-0.39, 0.29) is 0 Å². The van der Waals surface area contributed by atoms with E-state index in [1.54, 1.807) is 11.1 Å². The topological polar surface area (TPSA) is 0 Å². The van der Waals surface area contributed by atoms with Crippen LogP contribution in [0.25, 0.3) is 0 Å². The zero-order chi connectivity index (χ0) is 10.3. The smallest absolute Gasteiger partial charge is 0.0165 e. The second-order valence-electron chi connectivity index (χ2n) is 6.33. The van der Waals surface area contributed by atoms with Crippen LogP contribution < -0.4 is 0 Å². The van der Waals surface area contributed by atoms with Gasteiger partial charge in [-0.3, -0.25) is 0 Å². The van der Waals surface area contributed by atoms with Crippen LogP contribution in [-0.2, 0) is 0 Å². The minimum Gasteiger partial charge on any atom is -0.0699 e. The predicted octanol–water partition coefficient (Wildman–Crippen LogP) is 4.56. The van der Waals surface area contributed by atoms with Crippen LogP contribution in [0.4, 0.5) is 0 Å². The highest BCUT2D eigenvalue weighted by Crippen LogP contribution is 2.46. The normalized spacial score (nSPS) is 18.5. The van der Waals surface area contributed by atoms with Gasteiger partial charge in [-0.2, -0.15) is 0 Å². The molecule has 0 amide bonds. The molecule has 0 N–H and O–H groups in total. The van der Waals surface area contributed by atoms with E-state index in [2.05, 4.69) is 41.5 Å². The molecule has 0 aromatic carbocycles. The third-order valence-corrected chi connectivity index (χ3v) is 2.81. The molecule has 13 heavy (non-hydrogen) atoms. The van der Waals surface area contributed by atoms with Crippen molar-refractivity contribution in [3.8, 4) is 0 Å². The van der Waals surface area contributed by atoms with Gasteiger partial charge in [0.25, 0.3) is 0 Å². The maximum atomic E-state index is 2.35. The molecule has 1 aliphatic rings. The van der Waals surface area contributed by atoms with Gasteiger partial charge in [-0.05, 0) is 30.1 Å². The first-order valence-corrected chi connectivity index (χ1v) is 5.46. The zero-order valence-corrected chi connectivity index (χ0v) is 10.1. The molecule has 0 spiro atoms. The summed E-state index contributed by atoms with van der Waals surface area (Å²) in [5.41, 5.74) is 4.15. The average molecular weight is 180 g/mol. The molecule has 0 saturated heterocycles. The summed E-state index contributed by atoms with van der Waals surface area (Å²) in [5.74, 6) is 0. The Labute approximate surface area is 83.4 Å². The summed E-state index contributed by atoms with van der Waals surface area (Å²) < 4.78 is 0. The Balaban J connectivity index is 3.04. The van der Waals surface area contributed by atoms with E-state index in [1.807, 2.05) is 0 Å². The van der Waals surface area contributed by atoms with Crippen LogP contribution in [0.2, 0.25) is 0 Å². The maximum Gasteiger partial charge on any atom is -0.0165 e. The second kappa shape index (κ2) is 3.15. The van der Waals surface area contributed by atoms with Crippen LogP contribution in [0.15, 0.2) is 11.1 Å². The van der Waals surface area contributed by atoms with Crippen molar-refractivity contribution < 1.29 is 0 Å². The van der Waals surface area contributed by atoms with E-state index in [1.165, 1.54) is 19.3 Å². The Morgan fingerprint density at radius 1 is 0.846 bits per heavy atom.